The van der Waals surface area contributed by atoms with Gasteiger partial charge in [-0.3, -0.25) is 0 Å². The van der Waals surface area contributed by atoms with E-state index in [1.54, 1.807) is 7.11 Å². The third-order valence-corrected chi connectivity index (χ3v) is 4.94. The molecule has 3 atom stereocenters. The maximum absolute atomic E-state index is 6.26. The van der Waals surface area contributed by atoms with Crippen LogP contribution in [0.1, 0.15) is 33.6 Å². The van der Waals surface area contributed by atoms with Gasteiger partial charge in [0.25, 0.3) is 0 Å². The van der Waals surface area contributed by atoms with Gasteiger partial charge in [-0.25, -0.2) is 0 Å². The molecule has 2 rings (SSSR count). The summed E-state index contributed by atoms with van der Waals surface area (Å²) >= 11 is 6.26. The summed E-state index contributed by atoms with van der Waals surface area (Å²) in [5, 5.41) is 4.29. The predicted octanol–water partition coefficient (Wildman–Crippen LogP) is 4.35. The van der Waals surface area contributed by atoms with Crippen molar-refractivity contribution in [3.63, 3.8) is 0 Å². The lowest BCUT2D eigenvalue weighted by Crippen LogP contribution is -2.59. The van der Waals surface area contributed by atoms with E-state index >= 15 is 0 Å². The van der Waals surface area contributed by atoms with E-state index in [1.807, 2.05) is 18.2 Å². The molecular weight excluding hydrogens is 274 g/mol. The average Bonchev–Trinajstić information content (AvgIpc) is 2.47. The van der Waals surface area contributed by atoms with Gasteiger partial charge in [-0.1, -0.05) is 25.4 Å². The summed E-state index contributed by atoms with van der Waals surface area (Å²) in [5.74, 6) is 0.816. The zero-order valence-corrected chi connectivity index (χ0v) is 13.5. The molecule has 4 heteroatoms. The molecule has 1 N–H and O–H groups in total. The van der Waals surface area contributed by atoms with Crippen molar-refractivity contribution in [2.75, 3.05) is 19.0 Å². The Labute approximate surface area is 126 Å². The lowest BCUT2D eigenvalue weighted by molar-refractivity contribution is -0.109. The maximum atomic E-state index is 6.26. The number of nitrogens with one attached hydrogen (secondary N) is 1. The Balaban J connectivity index is 2.11. The summed E-state index contributed by atoms with van der Waals surface area (Å²) in [6, 6.07) is 6.07. The third-order valence-electron chi connectivity index (χ3n) is 4.61. The molecule has 1 aliphatic carbocycles. The van der Waals surface area contributed by atoms with Crippen molar-refractivity contribution in [3.8, 4) is 5.75 Å². The molecule has 0 amide bonds. The van der Waals surface area contributed by atoms with Gasteiger partial charge in [0.05, 0.1) is 23.9 Å². The molecule has 0 heterocycles. The van der Waals surface area contributed by atoms with E-state index in [0.29, 0.717) is 12.1 Å². The number of methoxy groups -OCH3 is 1. The highest BCUT2D eigenvalue weighted by Gasteiger charge is 2.51. The number of rotatable bonds is 6. The molecule has 20 heavy (non-hydrogen) atoms. The first kappa shape index (κ1) is 15.5. The molecule has 0 radical (unpaired) electrons. The Morgan fingerprint density at radius 2 is 2.15 bits per heavy atom. The zero-order valence-electron chi connectivity index (χ0n) is 12.7. The second kappa shape index (κ2) is 6.23. The Kier molecular flexibility index (Phi) is 4.82. The summed E-state index contributed by atoms with van der Waals surface area (Å²) in [6.45, 7) is 7.32. The monoisotopic (exact) mass is 297 g/mol. The molecular formula is C16H24ClNO2. The molecule has 1 saturated carbocycles. The van der Waals surface area contributed by atoms with Crippen molar-refractivity contribution in [2.45, 2.75) is 45.8 Å². The molecule has 0 bridgehead atoms. The van der Waals surface area contributed by atoms with Crippen LogP contribution in [0.4, 0.5) is 5.69 Å². The predicted molar refractivity (Wildman–Crippen MR) is 83.8 cm³/mol. The Hall–Kier alpha value is -0.930. The molecule has 1 aliphatic rings. The van der Waals surface area contributed by atoms with Crippen LogP contribution in [0.25, 0.3) is 0 Å². The molecule has 112 valence electrons. The fourth-order valence-electron chi connectivity index (χ4n) is 2.90. The van der Waals surface area contributed by atoms with Crippen molar-refractivity contribution in [2.24, 2.45) is 5.41 Å². The molecule has 1 aromatic rings. The molecule has 0 saturated heterocycles. The number of halogens is 1. The van der Waals surface area contributed by atoms with E-state index in [0.717, 1.165) is 35.9 Å². The number of benzene rings is 1. The van der Waals surface area contributed by atoms with Gasteiger partial charge in [0.1, 0.15) is 5.75 Å². The van der Waals surface area contributed by atoms with Gasteiger partial charge in [-0.05, 0) is 31.9 Å². The van der Waals surface area contributed by atoms with Crippen LogP contribution in [0.5, 0.6) is 5.75 Å². The van der Waals surface area contributed by atoms with Gasteiger partial charge in [-0.2, -0.15) is 0 Å². The highest BCUT2D eigenvalue weighted by molar-refractivity contribution is 6.33. The first-order valence-electron chi connectivity index (χ1n) is 7.26. The summed E-state index contributed by atoms with van der Waals surface area (Å²) < 4.78 is 11.1. The molecule has 0 spiro atoms. The van der Waals surface area contributed by atoms with E-state index in [9.17, 15) is 0 Å². The average molecular weight is 298 g/mol. The zero-order chi connectivity index (χ0) is 14.8. The Morgan fingerprint density at radius 3 is 2.75 bits per heavy atom. The SMILES string of the molecule is CCOC1CC(Nc2cc(OC)ccc2Cl)C1(C)CC. The second-order valence-corrected chi connectivity index (χ2v) is 5.99. The minimum Gasteiger partial charge on any atom is -0.497 e. The summed E-state index contributed by atoms with van der Waals surface area (Å²) in [5.41, 5.74) is 1.09. The largest absolute Gasteiger partial charge is 0.497 e. The molecule has 3 unspecified atom stereocenters. The van der Waals surface area contributed by atoms with Crippen molar-refractivity contribution >= 4 is 17.3 Å². The van der Waals surface area contributed by atoms with E-state index < -0.39 is 0 Å². The second-order valence-electron chi connectivity index (χ2n) is 5.58. The molecule has 3 nitrogen and oxygen atoms in total. The van der Waals surface area contributed by atoms with E-state index in [2.05, 4.69) is 26.1 Å². The van der Waals surface area contributed by atoms with Crippen LogP contribution in [-0.4, -0.2) is 25.9 Å². The number of ether oxygens (including phenoxy) is 2. The van der Waals surface area contributed by atoms with Crippen molar-refractivity contribution < 1.29 is 9.47 Å². The lowest BCUT2D eigenvalue weighted by atomic mass is 9.61. The van der Waals surface area contributed by atoms with Crippen LogP contribution in [0, 0.1) is 5.41 Å². The van der Waals surface area contributed by atoms with Crippen LogP contribution in [-0.2, 0) is 4.74 Å². The summed E-state index contributed by atoms with van der Waals surface area (Å²) in [7, 11) is 1.66. The molecule has 0 aliphatic heterocycles. The summed E-state index contributed by atoms with van der Waals surface area (Å²) in [6.07, 6.45) is 2.43. The highest BCUT2D eigenvalue weighted by atomic mass is 35.5. The minimum absolute atomic E-state index is 0.155. The van der Waals surface area contributed by atoms with Crippen molar-refractivity contribution in [3.05, 3.63) is 23.2 Å². The van der Waals surface area contributed by atoms with Crippen LogP contribution in [0.3, 0.4) is 0 Å². The van der Waals surface area contributed by atoms with Crippen LogP contribution in [0.2, 0.25) is 5.02 Å². The molecule has 1 fully saturated rings. The van der Waals surface area contributed by atoms with Gasteiger partial charge < -0.3 is 14.8 Å². The normalized spacial score (nSPS) is 28.9. The molecule has 0 aromatic heterocycles. The molecule has 1 aromatic carbocycles. The van der Waals surface area contributed by atoms with Crippen LogP contribution in [0.15, 0.2) is 18.2 Å². The van der Waals surface area contributed by atoms with Gasteiger partial charge in [0.15, 0.2) is 0 Å². The van der Waals surface area contributed by atoms with Gasteiger partial charge >= 0.3 is 0 Å². The number of anilines is 1. The Bertz CT molecular complexity index is 466. The van der Waals surface area contributed by atoms with E-state index in [1.165, 1.54) is 0 Å². The van der Waals surface area contributed by atoms with Gasteiger partial charge in [0.2, 0.25) is 0 Å². The number of hydrogen-bond acceptors (Lipinski definition) is 3. The van der Waals surface area contributed by atoms with Crippen molar-refractivity contribution in [1.29, 1.82) is 0 Å². The number of hydrogen-bond donors (Lipinski definition) is 1. The fourth-order valence-corrected chi connectivity index (χ4v) is 3.08. The minimum atomic E-state index is 0.155. The maximum Gasteiger partial charge on any atom is 0.121 e. The lowest BCUT2D eigenvalue weighted by Gasteiger charge is -2.54. The quantitative estimate of drug-likeness (QED) is 0.846. The Morgan fingerprint density at radius 1 is 1.40 bits per heavy atom. The van der Waals surface area contributed by atoms with Crippen molar-refractivity contribution in [1.82, 2.24) is 0 Å². The van der Waals surface area contributed by atoms with Crippen LogP contribution >= 0.6 is 11.6 Å². The highest BCUT2D eigenvalue weighted by Crippen LogP contribution is 2.48. The van der Waals surface area contributed by atoms with Crippen LogP contribution < -0.4 is 10.1 Å². The first-order valence-corrected chi connectivity index (χ1v) is 7.64. The topological polar surface area (TPSA) is 30.5 Å². The van der Waals surface area contributed by atoms with Gasteiger partial charge in [0, 0.05) is 24.1 Å². The standard InChI is InChI=1S/C16H24ClNO2/c1-5-16(3)14(10-15(16)20-6-2)18-13-9-11(19-4)7-8-12(13)17/h7-9,14-15,18H,5-6,10H2,1-4H3. The third kappa shape index (κ3) is 2.75. The fraction of sp³-hybridized carbons (Fsp3) is 0.625. The smallest absolute Gasteiger partial charge is 0.121 e. The van der Waals surface area contributed by atoms with E-state index in [-0.39, 0.29) is 5.41 Å². The van der Waals surface area contributed by atoms with Gasteiger partial charge in [-0.15, -0.1) is 0 Å². The first-order chi connectivity index (χ1) is 9.55. The van der Waals surface area contributed by atoms with E-state index in [4.69, 9.17) is 21.1 Å². The summed E-state index contributed by atoms with van der Waals surface area (Å²) in [4.78, 5) is 0.